The number of methoxy groups -OCH3 is 1. The molecule has 186 valence electrons. The summed E-state index contributed by atoms with van der Waals surface area (Å²) in [5.74, 6) is -0.00278. The van der Waals surface area contributed by atoms with Crippen LogP contribution in [0.3, 0.4) is 0 Å². The summed E-state index contributed by atoms with van der Waals surface area (Å²) < 4.78 is 31.5. The molecule has 34 heavy (non-hydrogen) atoms. The molecule has 2 rings (SSSR count). The van der Waals surface area contributed by atoms with Gasteiger partial charge in [-0.15, -0.1) is 0 Å². The fraction of sp³-hybridized carbons (Fsp3) is 0.440. The highest BCUT2D eigenvalue weighted by Crippen LogP contribution is 2.29. The largest absolute Gasteiger partial charge is 0.495 e. The summed E-state index contributed by atoms with van der Waals surface area (Å²) in [5, 5.41) is 2.78. The number of ether oxygens (including phenoxy) is 1. The van der Waals surface area contributed by atoms with E-state index in [0.717, 1.165) is 17.4 Å². The first-order chi connectivity index (χ1) is 16.1. The highest BCUT2D eigenvalue weighted by Gasteiger charge is 2.27. The number of aryl methyl sites for hydroxylation is 1. The molecule has 1 N–H and O–H groups in total. The van der Waals surface area contributed by atoms with E-state index in [1.165, 1.54) is 11.4 Å². The minimum atomic E-state index is -3.60. The minimum absolute atomic E-state index is 0.0940. The van der Waals surface area contributed by atoms with Crippen molar-refractivity contribution in [1.82, 2.24) is 10.2 Å². The second-order valence-electron chi connectivity index (χ2n) is 8.13. The van der Waals surface area contributed by atoms with Gasteiger partial charge in [0.05, 0.1) is 19.1 Å². The van der Waals surface area contributed by atoms with Gasteiger partial charge in [-0.25, -0.2) is 8.42 Å². The minimum Gasteiger partial charge on any atom is -0.495 e. The van der Waals surface area contributed by atoms with Crippen LogP contribution in [0.2, 0.25) is 0 Å². The number of rotatable bonds is 12. The summed E-state index contributed by atoms with van der Waals surface area (Å²) in [7, 11) is -2.11. The van der Waals surface area contributed by atoms with Gasteiger partial charge in [-0.3, -0.25) is 13.9 Å². The Hall–Kier alpha value is -3.07. The number of para-hydroxylation sites is 2. The van der Waals surface area contributed by atoms with Gasteiger partial charge in [-0.05, 0) is 50.5 Å². The predicted molar refractivity (Wildman–Crippen MR) is 134 cm³/mol. The van der Waals surface area contributed by atoms with Gasteiger partial charge in [0, 0.05) is 26.1 Å². The van der Waals surface area contributed by atoms with Crippen LogP contribution in [0.15, 0.2) is 48.5 Å². The molecular weight excluding hydrogens is 454 g/mol. The van der Waals surface area contributed by atoms with E-state index >= 15 is 0 Å². The molecule has 2 aromatic rings. The van der Waals surface area contributed by atoms with Crippen molar-refractivity contribution in [2.24, 2.45) is 0 Å². The van der Waals surface area contributed by atoms with Gasteiger partial charge < -0.3 is 15.0 Å². The third-order valence-electron chi connectivity index (χ3n) is 5.63. The van der Waals surface area contributed by atoms with Crippen molar-refractivity contribution in [3.05, 3.63) is 59.7 Å². The Bertz CT molecular complexity index is 1090. The molecule has 0 aromatic heterocycles. The molecular formula is C25H35N3O5S. The molecule has 0 saturated heterocycles. The van der Waals surface area contributed by atoms with E-state index in [-0.39, 0.29) is 31.2 Å². The highest BCUT2D eigenvalue weighted by atomic mass is 32.2. The lowest BCUT2D eigenvalue weighted by Crippen LogP contribution is -2.47. The fourth-order valence-electron chi connectivity index (χ4n) is 3.69. The quantitative estimate of drug-likeness (QED) is 0.494. The third kappa shape index (κ3) is 7.21. The molecule has 0 heterocycles. The Morgan fingerprint density at radius 3 is 2.35 bits per heavy atom. The van der Waals surface area contributed by atoms with Gasteiger partial charge in [-0.1, -0.05) is 36.4 Å². The Labute approximate surface area is 202 Å². The number of amides is 2. The molecule has 0 radical (unpaired) electrons. The maximum atomic E-state index is 13.3. The molecule has 0 aliphatic carbocycles. The summed E-state index contributed by atoms with van der Waals surface area (Å²) in [6, 6.07) is 13.9. The summed E-state index contributed by atoms with van der Waals surface area (Å²) >= 11 is 0. The molecule has 0 fully saturated rings. The number of benzene rings is 2. The van der Waals surface area contributed by atoms with Gasteiger partial charge in [0.1, 0.15) is 11.8 Å². The molecule has 0 saturated carbocycles. The van der Waals surface area contributed by atoms with Crippen molar-refractivity contribution in [3.8, 4) is 5.75 Å². The Kier molecular flexibility index (Phi) is 9.92. The smallest absolute Gasteiger partial charge is 0.242 e. The van der Waals surface area contributed by atoms with Crippen LogP contribution in [0.5, 0.6) is 5.75 Å². The number of carbonyl (C=O) groups is 2. The first-order valence-electron chi connectivity index (χ1n) is 11.3. The average Bonchev–Trinajstić information content (AvgIpc) is 2.80. The third-order valence-corrected chi connectivity index (χ3v) is 6.81. The second kappa shape index (κ2) is 12.4. The van der Waals surface area contributed by atoms with E-state index in [1.807, 2.05) is 38.1 Å². The molecule has 9 heteroatoms. The number of hydrogen-bond acceptors (Lipinski definition) is 5. The van der Waals surface area contributed by atoms with Crippen molar-refractivity contribution in [2.45, 2.75) is 46.2 Å². The van der Waals surface area contributed by atoms with E-state index in [9.17, 15) is 18.0 Å². The first kappa shape index (κ1) is 27.2. The lowest BCUT2D eigenvalue weighted by Gasteiger charge is -2.30. The van der Waals surface area contributed by atoms with Crippen molar-refractivity contribution < 1.29 is 22.7 Å². The van der Waals surface area contributed by atoms with Crippen LogP contribution in [-0.4, -0.2) is 57.6 Å². The topological polar surface area (TPSA) is 96.0 Å². The number of anilines is 1. The van der Waals surface area contributed by atoms with Crippen LogP contribution >= 0.6 is 0 Å². The molecule has 1 atom stereocenters. The van der Waals surface area contributed by atoms with E-state index in [2.05, 4.69) is 5.32 Å². The van der Waals surface area contributed by atoms with Crippen LogP contribution < -0.4 is 14.4 Å². The van der Waals surface area contributed by atoms with Gasteiger partial charge in [-0.2, -0.15) is 0 Å². The monoisotopic (exact) mass is 489 g/mol. The number of hydrogen-bond donors (Lipinski definition) is 1. The number of nitrogens with one attached hydrogen (secondary N) is 1. The molecule has 0 bridgehead atoms. The van der Waals surface area contributed by atoms with E-state index in [0.29, 0.717) is 24.5 Å². The molecule has 0 unspecified atom stereocenters. The van der Waals surface area contributed by atoms with Crippen LogP contribution in [0.25, 0.3) is 0 Å². The number of sulfonamides is 1. The highest BCUT2D eigenvalue weighted by molar-refractivity contribution is 7.92. The summed E-state index contributed by atoms with van der Waals surface area (Å²) in [6.07, 6.45) is 1.51. The number of carbonyl (C=O) groups excluding carboxylic acids is 2. The standard InChI is InChI=1S/C25H35N3O5S/c1-6-26-25(30)20(3)27(18-21-13-8-7-12-19(21)2)24(29)16-11-17-28(34(5,31)32)22-14-9-10-15-23(22)33-4/h7-10,12-15,20H,6,11,16-18H2,1-5H3,(H,26,30)/t20-/m1/s1. The van der Waals surface area contributed by atoms with Crippen molar-refractivity contribution in [2.75, 3.05) is 30.8 Å². The Morgan fingerprint density at radius 1 is 1.09 bits per heavy atom. The van der Waals surface area contributed by atoms with Gasteiger partial charge >= 0.3 is 0 Å². The zero-order valence-electron chi connectivity index (χ0n) is 20.6. The maximum absolute atomic E-state index is 13.3. The predicted octanol–water partition coefficient (Wildman–Crippen LogP) is 3.10. The molecule has 2 amide bonds. The van der Waals surface area contributed by atoms with E-state index < -0.39 is 16.1 Å². The van der Waals surface area contributed by atoms with E-state index in [1.54, 1.807) is 36.1 Å². The summed E-state index contributed by atoms with van der Waals surface area (Å²) in [4.78, 5) is 27.3. The Morgan fingerprint density at radius 2 is 1.74 bits per heavy atom. The SMILES string of the molecule is CCNC(=O)[C@@H](C)N(Cc1ccccc1C)C(=O)CCCN(c1ccccc1OC)S(C)(=O)=O. The van der Waals surface area contributed by atoms with Gasteiger partial charge in [0.15, 0.2) is 0 Å². The van der Waals surface area contributed by atoms with Crippen LogP contribution in [0.4, 0.5) is 5.69 Å². The van der Waals surface area contributed by atoms with Gasteiger partial charge in [0.2, 0.25) is 21.8 Å². The zero-order chi connectivity index (χ0) is 25.3. The van der Waals surface area contributed by atoms with Crippen molar-refractivity contribution >= 4 is 27.5 Å². The average molecular weight is 490 g/mol. The summed E-state index contributed by atoms with van der Waals surface area (Å²) in [6.45, 7) is 6.38. The fourth-order valence-corrected chi connectivity index (χ4v) is 4.66. The van der Waals surface area contributed by atoms with Crippen LogP contribution in [0.1, 0.15) is 37.8 Å². The number of likely N-dealkylation sites (N-methyl/N-ethyl adjacent to an activating group) is 1. The van der Waals surface area contributed by atoms with Crippen LogP contribution in [-0.2, 0) is 26.2 Å². The lowest BCUT2D eigenvalue weighted by atomic mass is 10.1. The molecule has 8 nitrogen and oxygen atoms in total. The normalized spacial score (nSPS) is 12.0. The van der Waals surface area contributed by atoms with Crippen LogP contribution in [0, 0.1) is 6.92 Å². The lowest BCUT2D eigenvalue weighted by molar-refractivity contribution is -0.140. The summed E-state index contributed by atoms with van der Waals surface area (Å²) in [5.41, 5.74) is 2.41. The molecule has 2 aromatic carbocycles. The molecule has 0 aliphatic rings. The molecule has 0 aliphatic heterocycles. The van der Waals surface area contributed by atoms with Gasteiger partial charge in [0.25, 0.3) is 0 Å². The van der Waals surface area contributed by atoms with Crippen molar-refractivity contribution in [1.29, 1.82) is 0 Å². The van der Waals surface area contributed by atoms with Crippen molar-refractivity contribution in [3.63, 3.8) is 0 Å². The molecule has 0 spiro atoms. The van der Waals surface area contributed by atoms with E-state index in [4.69, 9.17) is 4.74 Å². The number of nitrogens with zero attached hydrogens (tertiary/aromatic N) is 2. The zero-order valence-corrected chi connectivity index (χ0v) is 21.4. The maximum Gasteiger partial charge on any atom is 0.242 e. The first-order valence-corrected chi connectivity index (χ1v) is 13.2. The Balaban J connectivity index is 2.20. The second-order valence-corrected chi connectivity index (χ2v) is 10.0.